The third-order valence-electron chi connectivity index (χ3n) is 0.843. The van der Waals surface area contributed by atoms with Crippen LogP contribution in [-0.2, 0) is 9.53 Å². The summed E-state index contributed by atoms with van der Waals surface area (Å²) >= 11 is 5.31. The Bertz CT molecular complexity index is 94.2. The van der Waals surface area contributed by atoms with Crippen LogP contribution in [0.25, 0.3) is 0 Å². The fraction of sp³-hybridized carbons (Fsp3) is 0.800. The normalized spacial score (nSPS) is 13.1. The molecule has 0 radical (unpaired) electrons. The molecule has 0 aromatic heterocycles. The van der Waals surface area contributed by atoms with E-state index in [2.05, 4.69) is 4.74 Å². The molecule has 0 amide bonds. The molecule has 9 heavy (non-hydrogen) atoms. The number of carboxylic acids is 1. The van der Waals surface area contributed by atoms with Crippen LogP contribution in [0.3, 0.4) is 0 Å². The quantitative estimate of drug-likeness (QED) is 0.604. The van der Waals surface area contributed by atoms with E-state index in [0.717, 1.165) is 0 Å². The Morgan fingerprint density at radius 1 is 1.89 bits per heavy atom. The summed E-state index contributed by atoms with van der Waals surface area (Å²) < 4.78 is 4.61. The van der Waals surface area contributed by atoms with Gasteiger partial charge in [0.2, 0.25) is 0 Å². The SMILES string of the molecule is COCCC(Cl)C(=O)O. The summed E-state index contributed by atoms with van der Waals surface area (Å²) in [6, 6.07) is 0. The molecule has 54 valence electrons. The second-order valence-electron chi connectivity index (χ2n) is 1.59. The number of carbonyl (C=O) groups is 1. The molecule has 0 heterocycles. The van der Waals surface area contributed by atoms with Crippen molar-refractivity contribution in [1.29, 1.82) is 0 Å². The maximum atomic E-state index is 10.0. The smallest absolute Gasteiger partial charge is 0.321 e. The molecule has 0 saturated heterocycles. The highest BCUT2D eigenvalue weighted by atomic mass is 35.5. The summed E-state index contributed by atoms with van der Waals surface area (Å²) in [5, 5.41) is 7.41. The summed E-state index contributed by atoms with van der Waals surface area (Å²) in [4.78, 5) is 10.0. The monoisotopic (exact) mass is 152 g/mol. The van der Waals surface area contributed by atoms with Gasteiger partial charge in [0.25, 0.3) is 0 Å². The zero-order valence-corrected chi connectivity index (χ0v) is 5.89. The number of alkyl halides is 1. The molecule has 4 heteroatoms. The Kier molecular flexibility index (Phi) is 4.44. The molecule has 0 bridgehead atoms. The minimum Gasteiger partial charge on any atom is -0.480 e. The van der Waals surface area contributed by atoms with Gasteiger partial charge in [-0.2, -0.15) is 0 Å². The Balaban J connectivity index is 3.27. The van der Waals surface area contributed by atoms with Gasteiger partial charge in [-0.15, -0.1) is 11.6 Å². The zero-order valence-electron chi connectivity index (χ0n) is 5.13. The topological polar surface area (TPSA) is 46.5 Å². The third-order valence-corrected chi connectivity index (χ3v) is 1.25. The highest BCUT2D eigenvalue weighted by Gasteiger charge is 2.11. The summed E-state index contributed by atoms with van der Waals surface area (Å²) in [5.74, 6) is -0.992. The van der Waals surface area contributed by atoms with Crippen LogP contribution < -0.4 is 0 Å². The van der Waals surface area contributed by atoms with Gasteiger partial charge in [0.15, 0.2) is 0 Å². The Hall–Kier alpha value is -0.280. The van der Waals surface area contributed by atoms with Crippen molar-refractivity contribution in [1.82, 2.24) is 0 Å². The molecule has 0 fully saturated rings. The first kappa shape index (κ1) is 8.72. The lowest BCUT2D eigenvalue weighted by Crippen LogP contribution is -2.14. The number of halogens is 1. The minimum atomic E-state index is -0.992. The lowest BCUT2D eigenvalue weighted by molar-refractivity contribution is -0.136. The van der Waals surface area contributed by atoms with Crippen molar-refractivity contribution in [3.63, 3.8) is 0 Å². The predicted octanol–water partition coefficient (Wildman–Crippen LogP) is 0.715. The van der Waals surface area contributed by atoms with E-state index >= 15 is 0 Å². The van der Waals surface area contributed by atoms with Crippen molar-refractivity contribution in [3.05, 3.63) is 0 Å². The number of carboxylic acid groups (broad SMARTS) is 1. The number of hydrogen-bond acceptors (Lipinski definition) is 2. The van der Waals surface area contributed by atoms with Crippen molar-refractivity contribution in [2.45, 2.75) is 11.8 Å². The van der Waals surface area contributed by atoms with Crippen LogP contribution in [0.2, 0.25) is 0 Å². The first-order valence-electron chi connectivity index (χ1n) is 2.54. The zero-order chi connectivity index (χ0) is 7.28. The Labute approximate surface area is 58.6 Å². The van der Waals surface area contributed by atoms with Gasteiger partial charge >= 0.3 is 5.97 Å². The number of rotatable bonds is 4. The van der Waals surface area contributed by atoms with Gasteiger partial charge in [-0.25, -0.2) is 0 Å². The van der Waals surface area contributed by atoms with E-state index in [-0.39, 0.29) is 0 Å². The van der Waals surface area contributed by atoms with Crippen LogP contribution in [0, 0.1) is 0 Å². The first-order valence-corrected chi connectivity index (χ1v) is 2.98. The molecule has 0 aliphatic rings. The average molecular weight is 153 g/mol. The molecule has 0 rings (SSSR count). The molecule has 1 atom stereocenters. The third kappa shape index (κ3) is 4.24. The van der Waals surface area contributed by atoms with E-state index < -0.39 is 11.3 Å². The predicted molar refractivity (Wildman–Crippen MR) is 33.8 cm³/mol. The van der Waals surface area contributed by atoms with Crippen LogP contribution in [0.15, 0.2) is 0 Å². The van der Waals surface area contributed by atoms with E-state index in [4.69, 9.17) is 16.7 Å². The summed E-state index contributed by atoms with van der Waals surface area (Å²) in [7, 11) is 1.51. The van der Waals surface area contributed by atoms with E-state index in [1.807, 2.05) is 0 Å². The van der Waals surface area contributed by atoms with Gasteiger partial charge in [0, 0.05) is 13.7 Å². The standard InChI is InChI=1S/C5H9ClO3/c1-9-3-2-4(6)5(7)8/h4H,2-3H2,1H3,(H,7,8). The van der Waals surface area contributed by atoms with Gasteiger partial charge < -0.3 is 9.84 Å². The molecule has 3 nitrogen and oxygen atoms in total. The van der Waals surface area contributed by atoms with Crippen LogP contribution in [0.5, 0.6) is 0 Å². The largest absolute Gasteiger partial charge is 0.480 e. The molecule has 1 N–H and O–H groups in total. The highest BCUT2D eigenvalue weighted by Crippen LogP contribution is 2.00. The van der Waals surface area contributed by atoms with E-state index in [1.54, 1.807) is 0 Å². The van der Waals surface area contributed by atoms with Crippen molar-refractivity contribution in [2.24, 2.45) is 0 Å². The van der Waals surface area contributed by atoms with Gasteiger partial charge in [0.1, 0.15) is 5.38 Å². The lowest BCUT2D eigenvalue weighted by Gasteiger charge is -2.00. The fourth-order valence-corrected chi connectivity index (χ4v) is 0.434. The van der Waals surface area contributed by atoms with E-state index in [1.165, 1.54) is 7.11 Å². The summed E-state index contributed by atoms with van der Waals surface area (Å²) in [6.07, 6.45) is 0.355. The molecule has 0 aromatic carbocycles. The number of aliphatic carboxylic acids is 1. The van der Waals surface area contributed by atoms with Gasteiger partial charge in [-0.05, 0) is 6.42 Å². The van der Waals surface area contributed by atoms with Gasteiger partial charge in [0.05, 0.1) is 0 Å². The minimum absolute atomic E-state index is 0.355. The summed E-state index contributed by atoms with van der Waals surface area (Å²) in [6.45, 7) is 0.389. The van der Waals surface area contributed by atoms with Gasteiger partial charge in [-0.3, -0.25) is 4.79 Å². The Morgan fingerprint density at radius 2 is 2.44 bits per heavy atom. The Morgan fingerprint density at radius 3 is 2.78 bits per heavy atom. The lowest BCUT2D eigenvalue weighted by atomic mass is 10.3. The van der Waals surface area contributed by atoms with Crippen LogP contribution in [0.4, 0.5) is 0 Å². The maximum absolute atomic E-state index is 10.0. The molecular weight excluding hydrogens is 144 g/mol. The molecule has 0 aliphatic carbocycles. The second kappa shape index (κ2) is 4.58. The molecule has 0 saturated carbocycles. The molecule has 0 aromatic rings. The molecule has 0 spiro atoms. The first-order chi connectivity index (χ1) is 4.18. The molecule has 1 unspecified atom stereocenters. The average Bonchev–Trinajstić information content (AvgIpc) is 1.82. The number of methoxy groups -OCH3 is 1. The maximum Gasteiger partial charge on any atom is 0.321 e. The number of ether oxygens (including phenoxy) is 1. The molecular formula is C5H9ClO3. The van der Waals surface area contributed by atoms with Crippen molar-refractivity contribution < 1.29 is 14.6 Å². The fourth-order valence-electron chi connectivity index (χ4n) is 0.345. The summed E-state index contributed by atoms with van der Waals surface area (Å²) in [5.41, 5.74) is 0. The second-order valence-corrected chi connectivity index (χ2v) is 2.11. The van der Waals surface area contributed by atoms with Crippen molar-refractivity contribution >= 4 is 17.6 Å². The van der Waals surface area contributed by atoms with Crippen LogP contribution >= 0.6 is 11.6 Å². The highest BCUT2D eigenvalue weighted by molar-refractivity contribution is 6.29. The molecule has 0 aliphatic heterocycles. The van der Waals surface area contributed by atoms with Crippen molar-refractivity contribution in [2.75, 3.05) is 13.7 Å². The van der Waals surface area contributed by atoms with Crippen molar-refractivity contribution in [3.8, 4) is 0 Å². The van der Waals surface area contributed by atoms with Crippen LogP contribution in [0.1, 0.15) is 6.42 Å². The number of hydrogen-bond donors (Lipinski definition) is 1. The van der Waals surface area contributed by atoms with Crippen LogP contribution in [-0.4, -0.2) is 30.2 Å². The van der Waals surface area contributed by atoms with E-state index in [0.29, 0.717) is 13.0 Å². The van der Waals surface area contributed by atoms with E-state index in [9.17, 15) is 4.79 Å². The van der Waals surface area contributed by atoms with Gasteiger partial charge in [-0.1, -0.05) is 0 Å².